The molecule has 5 nitrogen and oxygen atoms in total. The lowest BCUT2D eigenvalue weighted by Crippen LogP contribution is -2.28. The Morgan fingerprint density at radius 1 is 1.36 bits per heavy atom. The number of nitrogens with zero attached hydrogens (tertiary/aromatic N) is 1. The van der Waals surface area contributed by atoms with E-state index in [2.05, 4.69) is 15.6 Å². The van der Waals surface area contributed by atoms with Crippen molar-refractivity contribution in [2.45, 2.75) is 13.0 Å². The molecule has 0 spiro atoms. The Labute approximate surface area is 134 Å². The first-order valence-corrected chi connectivity index (χ1v) is 7.26. The van der Waals surface area contributed by atoms with Gasteiger partial charge in [0, 0.05) is 19.2 Å². The molecule has 1 heterocycles. The Kier molecular flexibility index (Phi) is 5.35. The molecule has 2 aromatic rings. The summed E-state index contributed by atoms with van der Waals surface area (Å²) in [6.45, 7) is 2.04. The molecule has 0 aliphatic heterocycles. The highest BCUT2D eigenvalue weighted by molar-refractivity contribution is 6.29. The van der Waals surface area contributed by atoms with Gasteiger partial charge in [-0.15, -0.1) is 0 Å². The first kappa shape index (κ1) is 16.3. The van der Waals surface area contributed by atoms with Gasteiger partial charge in [0.1, 0.15) is 11.0 Å². The number of aliphatic hydroxyl groups excluding tert-OH is 1. The normalized spacial score (nSPS) is 11.8. The number of carbonyl (C=O) groups is 1. The number of aliphatic hydroxyl groups is 1. The van der Waals surface area contributed by atoms with E-state index in [1.165, 1.54) is 6.07 Å². The molecule has 0 bridgehead atoms. The van der Waals surface area contributed by atoms with E-state index in [1.54, 1.807) is 13.1 Å². The first-order valence-electron chi connectivity index (χ1n) is 6.88. The largest absolute Gasteiger partial charge is 0.387 e. The van der Waals surface area contributed by atoms with E-state index in [0.717, 1.165) is 11.1 Å². The Bertz CT molecular complexity index is 676. The number of aryl methyl sites for hydroxylation is 1. The lowest BCUT2D eigenvalue weighted by Gasteiger charge is -2.14. The molecule has 0 aliphatic rings. The van der Waals surface area contributed by atoms with Crippen molar-refractivity contribution in [1.82, 2.24) is 10.3 Å². The molecule has 116 valence electrons. The summed E-state index contributed by atoms with van der Waals surface area (Å²) in [6, 6.07) is 10.6. The lowest BCUT2D eigenvalue weighted by atomic mass is 10.0. The summed E-state index contributed by atoms with van der Waals surface area (Å²) in [7, 11) is 1.70. The monoisotopic (exact) mass is 319 g/mol. The topological polar surface area (TPSA) is 74.2 Å². The average Bonchev–Trinajstić information content (AvgIpc) is 2.52. The number of carbonyl (C=O) groups excluding carboxylic acids is 1. The number of rotatable bonds is 5. The maximum atomic E-state index is 12.1. The second kappa shape index (κ2) is 7.24. The molecule has 2 rings (SSSR count). The number of hydrogen-bond donors (Lipinski definition) is 3. The maximum absolute atomic E-state index is 12.1. The number of pyridine rings is 1. The fourth-order valence-electron chi connectivity index (χ4n) is 2.12. The molecule has 22 heavy (non-hydrogen) atoms. The molecule has 3 N–H and O–H groups in total. The maximum Gasteiger partial charge on any atom is 0.251 e. The highest BCUT2D eigenvalue weighted by Crippen LogP contribution is 2.17. The number of aromatic nitrogens is 1. The zero-order chi connectivity index (χ0) is 16.1. The van der Waals surface area contributed by atoms with Crippen molar-refractivity contribution in [3.8, 4) is 0 Å². The van der Waals surface area contributed by atoms with E-state index >= 15 is 0 Å². The molecule has 1 atom stereocenters. The Morgan fingerprint density at radius 3 is 2.77 bits per heavy atom. The number of nitrogens with one attached hydrogen (secondary N) is 2. The zero-order valence-corrected chi connectivity index (χ0v) is 13.2. The quantitative estimate of drug-likeness (QED) is 0.740. The number of amides is 1. The minimum Gasteiger partial charge on any atom is -0.387 e. The van der Waals surface area contributed by atoms with E-state index < -0.39 is 6.10 Å². The lowest BCUT2D eigenvalue weighted by molar-refractivity contribution is 0.0916. The highest BCUT2D eigenvalue weighted by Gasteiger charge is 2.13. The molecule has 1 amide bonds. The summed E-state index contributed by atoms with van der Waals surface area (Å²) in [5.74, 6) is 0.200. The van der Waals surface area contributed by atoms with Crippen LogP contribution >= 0.6 is 11.6 Å². The fourth-order valence-corrected chi connectivity index (χ4v) is 2.33. The van der Waals surface area contributed by atoms with Crippen LogP contribution in [0.3, 0.4) is 0 Å². The summed E-state index contributed by atoms with van der Waals surface area (Å²) in [5, 5.41) is 16.0. The molecule has 0 radical (unpaired) electrons. The minimum absolute atomic E-state index is 0.124. The van der Waals surface area contributed by atoms with Crippen molar-refractivity contribution in [2.75, 3.05) is 18.9 Å². The Morgan fingerprint density at radius 2 is 2.09 bits per heavy atom. The summed E-state index contributed by atoms with van der Waals surface area (Å²) in [4.78, 5) is 16.2. The van der Waals surface area contributed by atoms with Crippen LogP contribution in [-0.4, -0.2) is 29.6 Å². The van der Waals surface area contributed by atoms with Crippen molar-refractivity contribution in [1.29, 1.82) is 0 Å². The van der Waals surface area contributed by atoms with Crippen LogP contribution in [0.1, 0.15) is 27.6 Å². The van der Waals surface area contributed by atoms with Gasteiger partial charge in [0.15, 0.2) is 0 Å². The van der Waals surface area contributed by atoms with Gasteiger partial charge < -0.3 is 15.7 Å². The van der Waals surface area contributed by atoms with Gasteiger partial charge in [-0.05, 0) is 30.2 Å². The molecular formula is C16H18ClN3O2. The predicted octanol–water partition coefficient (Wildman–Crippen LogP) is 2.55. The van der Waals surface area contributed by atoms with Crippen LogP contribution in [0.25, 0.3) is 0 Å². The number of anilines is 1. The summed E-state index contributed by atoms with van der Waals surface area (Å²) in [5.41, 5.74) is 2.17. The van der Waals surface area contributed by atoms with Crippen molar-refractivity contribution in [3.63, 3.8) is 0 Å². The van der Waals surface area contributed by atoms with Gasteiger partial charge in [0.2, 0.25) is 0 Å². The Balaban J connectivity index is 2.04. The van der Waals surface area contributed by atoms with Gasteiger partial charge in [-0.25, -0.2) is 4.98 Å². The molecule has 0 saturated heterocycles. The smallest absolute Gasteiger partial charge is 0.251 e. The molecule has 6 heteroatoms. The first-order chi connectivity index (χ1) is 10.5. The van der Waals surface area contributed by atoms with Gasteiger partial charge in [-0.3, -0.25) is 4.79 Å². The van der Waals surface area contributed by atoms with Gasteiger partial charge in [0.05, 0.1) is 6.10 Å². The van der Waals surface area contributed by atoms with Crippen LogP contribution in [0.2, 0.25) is 5.15 Å². The van der Waals surface area contributed by atoms with Gasteiger partial charge >= 0.3 is 0 Å². The second-order valence-corrected chi connectivity index (χ2v) is 5.28. The standard InChI is InChI=1S/C16H18ClN3O2/c1-10-5-3-4-6-12(10)13(21)9-19-16(22)11-7-14(17)20-15(8-11)18-2/h3-8,13,21H,9H2,1-2H3,(H,18,20)(H,19,22). The average molecular weight is 320 g/mol. The minimum atomic E-state index is -0.758. The number of halogens is 1. The fraction of sp³-hybridized carbons (Fsp3) is 0.250. The van der Waals surface area contributed by atoms with Crippen LogP contribution < -0.4 is 10.6 Å². The van der Waals surface area contributed by atoms with E-state index in [-0.39, 0.29) is 17.6 Å². The molecule has 0 fully saturated rings. The third-order valence-corrected chi connectivity index (χ3v) is 3.51. The number of benzene rings is 1. The molecule has 0 aliphatic carbocycles. The third kappa shape index (κ3) is 3.96. The molecule has 1 aromatic heterocycles. The van der Waals surface area contributed by atoms with Gasteiger partial charge in [-0.2, -0.15) is 0 Å². The van der Waals surface area contributed by atoms with Crippen LogP contribution in [0, 0.1) is 6.92 Å². The van der Waals surface area contributed by atoms with Crippen LogP contribution in [-0.2, 0) is 0 Å². The van der Waals surface area contributed by atoms with Crippen LogP contribution in [0.5, 0.6) is 0 Å². The van der Waals surface area contributed by atoms with Crippen molar-refractivity contribution >= 4 is 23.3 Å². The zero-order valence-electron chi connectivity index (χ0n) is 12.4. The van der Waals surface area contributed by atoms with Crippen molar-refractivity contribution in [3.05, 3.63) is 58.2 Å². The summed E-state index contributed by atoms with van der Waals surface area (Å²) >= 11 is 5.87. The van der Waals surface area contributed by atoms with Crippen molar-refractivity contribution in [2.24, 2.45) is 0 Å². The molecule has 0 saturated carbocycles. The summed E-state index contributed by atoms with van der Waals surface area (Å²) in [6.07, 6.45) is -0.758. The SMILES string of the molecule is CNc1cc(C(=O)NCC(O)c2ccccc2C)cc(Cl)n1. The molecule has 1 unspecified atom stereocenters. The van der Waals surface area contributed by atoms with Crippen LogP contribution in [0.4, 0.5) is 5.82 Å². The second-order valence-electron chi connectivity index (χ2n) is 4.90. The van der Waals surface area contributed by atoms with E-state index in [4.69, 9.17) is 11.6 Å². The van der Waals surface area contributed by atoms with E-state index in [1.807, 2.05) is 31.2 Å². The summed E-state index contributed by atoms with van der Waals surface area (Å²) < 4.78 is 0. The van der Waals surface area contributed by atoms with Gasteiger partial charge in [-0.1, -0.05) is 35.9 Å². The van der Waals surface area contributed by atoms with Crippen LogP contribution in [0.15, 0.2) is 36.4 Å². The molecule has 1 aromatic carbocycles. The number of hydrogen-bond acceptors (Lipinski definition) is 4. The third-order valence-electron chi connectivity index (χ3n) is 3.32. The van der Waals surface area contributed by atoms with Crippen molar-refractivity contribution < 1.29 is 9.90 Å². The van der Waals surface area contributed by atoms with E-state index in [9.17, 15) is 9.90 Å². The molecular weight excluding hydrogens is 302 g/mol. The highest BCUT2D eigenvalue weighted by atomic mass is 35.5. The Hall–Kier alpha value is -2.11. The predicted molar refractivity (Wildman–Crippen MR) is 87.3 cm³/mol. The van der Waals surface area contributed by atoms with E-state index in [0.29, 0.717) is 11.4 Å². The van der Waals surface area contributed by atoms with Gasteiger partial charge in [0.25, 0.3) is 5.91 Å².